The van der Waals surface area contributed by atoms with E-state index in [-0.39, 0.29) is 24.5 Å². The predicted octanol–water partition coefficient (Wildman–Crippen LogP) is 3.28. The number of hydrogen-bond donors (Lipinski definition) is 2. The van der Waals surface area contributed by atoms with Gasteiger partial charge in [-0.3, -0.25) is 4.79 Å². The number of benzene rings is 2. The first-order valence-electron chi connectivity index (χ1n) is 9.24. The summed E-state index contributed by atoms with van der Waals surface area (Å²) in [7, 11) is 0. The van der Waals surface area contributed by atoms with Crippen molar-refractivity contribution in [2.45, 2.75) is 13.8 Å². The lowest BCUT2D eigenvalue weighted by Crippen LogP contribution is -2.15. The van der Waals surface area contributed by atoms with Gasteiger partial charge in [0.15, 0.2) is 18.1 Å². The van der Waals surface area contributed by atoms with Crippen LogP contribution in [-0.4, -0.2) is 36.8 Å². The summed E-state index contributed by atoms with van der Waals surface area (Å²) in [5, 5.41) is 21.3. The van der Waals surface area contributed by atoms with Crippen molar-refractivity contribution in [3.05, 3.63) is 53.6 Å². The van der Waals surface area contributed by atoms with Gasteiger partial charge in [0.2, 0.25) is 0 Å². The summed E-state index contributed by atoms with van der Waals surface area (Å²) in [5.41, 5.74) is 0.863. The minimum atomic E-state index is -0.594. The maximum absolute atomic E-state index is 12.4. The van der Waals surface area contributed by atoms with Crippen LogP contribution in [0.3, 0.4) is 0 Å². The molecule has 0 saturated carbocycles. The number of hydrogen-bond acceptors (Lipinski definition) is 7. The van der Waals surface area contributed by atoms with Gasteiger partial charge in [-0.1, -0.05) is 6.07 Å². The molecule has 2 aromatic rings. The van der Waals surface area contributed by atoms with Gasteiger partial charge in [0.1, 0.15) is 17.4 Å². The fourth-order valence-electron chi connectivity index (χ4n) is 2.40. The lowest BCUT2D eigenvalue weighted by atomic mass is 10.1. The molecule has 2 aromatic carbocycles. The third-order valence-corrected chi connectivity index (χ3v) is 3.72. The third-order valence-electron chi connectivity index (χ3n) is 3.72. The number of nitriles is 1. The molecule has 156 valence electrons. The standard InChI is InChI=1S/C22H22N2O6/c1-3-28-20-12-15(5-10-19(20)30-14-21(26)29-4-2)11-16(13-23)22(27)24-17-6-8-18(25)9-7-17/h5-12,25H,3-4,14H2,1-2H3,(H,24,27)/b16-11+. The van der Waals surface area contributed by atoms with Crippen molar-refractivity contribution >= 4 is 23.6 Å². The highest BCUT2D eigenvalue weighted by Crippen LogP contribution is 2.29. The second-order valence-electron chi connectivity index (χ2n) is 5.90. The van der Waals surface area contributed by atoms with Gasteiger partial charge in [0, 0.05) is 5.69 Å². The van der Waals surface area contributed by atoms with E-state index in [9.17, 15) is 20.0 Å². The average molecular weight is 410 g/mol. The molecular weight excluding hydrogens is 388 g/mol. The second-order valence-corrected chi connectivity index (χ2v) is 5.90. The topological polar surface area (TPSA) is 118 Å². The zero-order valence-corrected chi connectivity index (χ0v) is 16.7. The number of carbonyl (C=O) groups is 2. The number of carbonyl (C=O) groups excluding carboxylic acids is 2. The second kappa shape index (κ2) is 11.1. The van der Waals surface area contributed by atoms with E-state index in [1.807, 2.05) is 6.07 Å². The van der Waals surface area contributed by atoms with Crippen LogP contribution in [-0.2, 0) is 14.3 Å². The van der Waals surface area contributed by atoms with Crippen molar-refractivity contribution in [3.8, 4) is 23.3 Å². The molecule has 0 spiro atoms. The Morgan fingerprint density at radius 2 is 1.80 bits per heavy atom. The van der Waals surface area contributed by atoms with Crippen LogP contribution in [0.15, 0.2) is 48.0 Å². The van der Waals surface area contributed by atoms with Crippen LogP contribution >= 0.6 is 0 Å². The molecule has 0 atom stereocenters. The molecule has 0 aromatic heterocycles. The van der Waals surface area contributed by atoms with Crippen LogP contribution in [0.4, 0.5) is 5.69 Å². The molecule has 0 bridgehead atoms. The zero-order chi connectivity index (χ0) is 21.9. The first-order valence-corrected chi connectivity index (χ1v) is 9.24. The summed E-state index contributed by atoms with van der Waals surface area (Å²) < 4.78 is 15.8. The van der Waals surface area contributed by atoms with Crippen LogP contribution in [0.25, 0.3) is 6.08 Å². The van der Waals surface area contributed by atoms with Crippen molar-refractivity contribution < 1.29 is 28.9 Å². The number of aromatic hydroxyl groups is 1. The van der Waals surface area contributed by atoms with Gasteiger partial charge < -0.3 is 24.6 Å². The largest absolute Gasteiger partial charge is 0.508 e. The SMILES string of the molecule is CCOC(=O)COc1ccc(/C=C(\C#N)C(=O)Nc2ccc(O)cc2)cc1OCC. The molecule has 2 N–H and O–H groups in total. The Balaban J connectivity index is 2.19. The van der Waals surface area contributed by atoms with E-state index in [2.05, 4.69) is 5.32 Å². The van der Waals surface area contributed by atoms with E-state index < -0.39 is 11.9 Å². The van der Waals surface area contributed by atoms with E-state index in [0.717, 1.165) is 0 Å². The number of nitrogens with one attached hydrogen (secondary N) is 1. The maximum atomic E-state index is 12.4. The highest BCUT2D eigenvalue weighted by atomic mass is 16.6. The summed E-state index contributed by atoms with van der Waals surface area (Å²) in [6.45, 7) is 3.85. The molecule has 8 heteroatoms. The van der Waals surface area contributed by atoms with Crippen LogP contribution in [0.5, 0.6) is 17.2 Å². The number of phenols is 1. The molecule has 2 rings (SSSR count). The molecule has 0 aliphatic carbocycles. The van der Waals surface area contributed by atoms with Crippen LogP contribution in [0.1, 0.15) is 19.4 Å². The third kappa shape index (κ3) is 6.56. The number of phenolic OH excluding ortho intramolecular Hbond substituents is 1. The summed E-state index contributed by atoms with van der Waals surface area (Å²) in [5.74, 6) is -0.316. The minimum absolute atomic E-state index is 0.0674. The van der Waals surface area contributed by atoms with Crippen LogP contribution < -0.4 is 14.8 Å². The van der Waals surface area contributed by atoms with Gasteiger partial charge in [-0.05, 0) is 61.9 Å². The molecule has 0 saturated heterocycles. The van der Waals surface area contributed by atoms with Crippen molar-refractivity contribution in [1.29, 1.82) is 5.26 Å². The number of anilines is 1. The monoisotopic (exact) mass is 410 g/mol. The van der Waals surface area contributed by atoms with Crippen LogP contribution in [0.2, 0.25) is 0 Å². The highest BCUT2D eigenvalue weighted by molar-refractivity contribution is 6.09. The fourth-order valence-corrected chi connectivity index (χ4v) is 2.40. The molecule has 0 unspecified atom stereocenters. The Morgan fingerprint density at radius 3 is 2.43 bits per heavy atom. The molecule has 30 heavy (non-hydrogen) atoms. The Kier molecular flexibility index (Phi) is 8.27. The Bertz CT molecular complexity index is 961. The Morgan fingerprint density at radius 1 is 1.07 bits per heavy atom. The van der Waals surface area contributed by atoms with Crippen molar-refractivity contribution in [3.63, 3.8) is 0 Å². The zero-order valence-electron chi connectivity index (χ0n) is 16.7. The predicted molar refractivity (Wildman–Crippen MR) is 110 cm³/mol. The van der Waals surface area contributed by atoms with E-state index in [0.29, 0.717) is 29.4 Å². The molecule has 1 amide bonds. The summed E-state index contributed by atoms with van der Waals surface area (Å²) in [6, 6.07) is 12.6. The number of amides is 1. The average Bonchev–Trinajstić information content (AvgIpc) is 2.73. The Hall–Kier alpha value is -3.99. The van der Waals surface area contributed by atoms with Gasteiger partial charge in [-0.15, -0.1) is 0 Å². The van der Waals surface area contributed by atoms with Gasteiger partial charge in [-0.2, -0.15) is 5.26 Å². The molecule has 0 heterocycles. The smallest absolute Gasteiger partial charge is 0.344 e. The summed E-state index contributed by atoms with van der Waals surface area (Å²) >= 11 is 0. The first kappa shape index (κ1) is 22.3. The van der Waals surface area contributed by atoms with E-state index >= 15 is 0 Å². The van der Waals surface area contributed by atoms with E-state index in [4.69, 9.17) is 14.2 Å². The quantitative estimate of drug-likeness (QED) is 0.282. The van der Waals surface area contributed by atoms with E-state index in [1.165, 1.54) is 30.3 Å². The fraction of sp³-hybridized carbons (Fsp3) is 0.227. The van der Waals surface area contributed by atoms with Crippen molar-refractivity contribution in [1.82, 2.24) is 0 Å². The minimum Gasteiger partial charge on any atom is -0.508 e. The highest BCUT2D eigenvalue weighted by Gasteiger charge is 2.12. The molecule has 0 aliphatic rings. The van der Waals surface area contributed by atoms with Crippen LogP contribution in [0, 0.1) is 11.3 Å². The summed E-state index contributed by atoms with van der Waals surface area (Å²) in [4.78, 5) is 23.9. The maximum Gasteiger partial charge on any atom is 0.344 e. The molecule has 8 nitrogen and oxygen atoms in total. The molecule has 0 aliphatic heterocycles. The lowest BCUT2D eigenvalue weighted by Gasteiger charge is -2.12. The normalized spacial score (nSPS) is 10.6. The number of rotatable bonds is 9. The number of nitrogens with zero attached hydrogens (tertiary/aromatic N) is 1. The van der Waals surface area contributed by atoms with Gasteiger partial charge >= 0.3 is 5.97 Å². The molecule has 0 radical (unpaired) electrons. The van der Waals surface area contributed by atoms with Gasteiger partial charge in [-0.25, -0.2) is 4.79 Å². The van der Waals surface area contributed by atoms with Gasteiger partial charge in [0.25, 0.3) is 5.91 Å². The number of esters is 1. The van der Waals surface area contributed by atoms with E-state index in [1.54, 1.807) is 32.0 Å². The van der Waals surface area contributed by atoms with Crippen molar-refractivity contribution in [2.75, 3.05) is 25.1 Å². The first-order chi connectivity index (χ1) is 14.5. The molecular formula is C22H22N2O6. The number of ether oxygens (including phenoxy) is 3. The Labute approximate surface area is 174 Å². The van der Waals surface area contributed by atoms with Gasteiger partial charge in [0.05, 0.1) is 13.2 Å². The lowest BCUT2D eigenvalue weighted by molar-refractivity contribution is -0.145. The summed E-state index contributed by atoms with van der Waals surface area (Å²) in [6.07, 6.45) is 1.41. The van der Waals surface area contributed by atoms with Crippen molar-refractivity contribution in [2.24, 2.45) is 0 Å². The molecule has 0 fully saturated rings.